The molecule has 2 aliphatic rings. The van der Waals surface area contributed by atoms with Crippen molar-refractivity contribution in [1.29, 1.82) is 0 Å². The van der Waals surface area contributed by atoms with Gasteiger partial charge in [0.2, 0.25) is 0 Å². The van der Waals surface area contributed by atoms with E-state index in [-0.39, 0.29) is 12.3 Å². The van der Waals surface area contributed by atoms with Crippen molar-refractivity contribution in [2.24, 2.45) is 5.10 Å². The zero-order chi connectivity index (χ0) is 20.2. The van der Waals surface area contributed by atoms with E-state index in [0.717, 1.165) is 19.6 Å². The van der Waals surface area contributed by atoms with Crippen LogP contribution < -0.4 is 5.01 Å². The fourth-order valence-corrected chi connectivity index (χ4v) is 3.69. The number of hydrazone groups is 1. The average molecular weight is 393 g/mol. The molecule has 1 amide bonds. The minimum Gasteiger partial charge on any atom is -0.480 e. The molecule has 2 aromatic rings. The molecule has 1 aromatic heterocycles. The molecule has 0 spiro atoms. The SMILES string of the molecule is O=C(O)C1CC(C(=O)N2CCN(Cc3ccncc3)CC2)=NN1c1ccccc1. The van der Waals surface area contributed by atoms with E-state index in [1.54, 1.807) is 29.4 Å². The lowest BCUT2D eigenvalue weighted by atomic mass is 10.1. The lowest BCUT2D eigenvalue weighted by Gasteiger charge is -2.34. The molecular weight excluding hydrogens is 370 g/mol. The summed E-state index contributed by atoms with van der Waals surface area (Å²) in [5.41, 5.74) is 2.18. The fourth-order valence-electron chi connectivity index (χ4n) is 3.69. The first-order valence-corrected chi connectivity index (χ1v) is 9.67. The quantitative estimate of drug-likeness (QED) is 0.827. The average Bonchev–Trinajstić information content (AvgIpc) is 3.21. The van der Waals surface area contributed by atoms with Crippen LogP contribution >= 0.6 is 0 Å². The summed E-state index contributed by atoms with van der Waals surface area (Å²) in [6, 6.07) is 12.2. The van der Waals surface area contributed by atoms with Gasteiger partial charge in [-0.15, -0.1) is 0 Å². The van der Waals surface area contributed by atoms with E-state index < -0.39 is 12.0 Å². The van der Waals surface area contributed by atoms with Gasteiger partial charge < -0.3 is 10.0 Å². The van der Waals surface area contributed by atoms with Crippen LogP contribution in [0.3, 0.4) is 0 Å². The van der Waals surface area contributed by atoms with Gasteiger partial charge in [-0.1, -0.05) is 18.2 Å². The standard InChI is InChI=1S/C21H23N5O3/c27-20(25-12-10-24(11-13-25)15-16-6-8-22-9-7-16)18-14-19(21(28)29)26(23-18)17-4-2-1-3-5-17/h1-9,19H,10-15H2,(H,28,29). The predicted octanol–water partition coefficient (Wildman–Crippen LogP) is 1.45. The molecule has 1 saturated heterocycles. The van der Waals surface area contributed by atoms with Gasteiger partial charge in [-0.05, 0) is 29.8 Å². The Morgan fingerprint density at radius 3 is 2.34 bits per heavy atom. The summed E-state index contributed by atoms with van der Waals surface area (Å²) in [6.45, 7) is 3.57. The Labute approximate surface area is 169 Å². The number of aliphatic carboxylic acids is 1. The first-order chi connectivity index (χ1) is 14.1. The summed E-state index contributed by atoms with van der Waals surface area (Å²) in [4.78, 5) is 32.8. The van der Waals surface area contributed by atoms with Gasteiger partial charge >= 0.3 is 5.97 Å². The fraction of sp³-hybridized carbons (Fsp3) is 0.333. The number of piperazine rings is 1. The Morgan fingerprint density at radius 1 is 1.00 bits per heavy atom. The Hall–Kier alpha value is -3.26. The van der Waals surface area contributed by atoms with E-state index in [1.165, 1.54) is 10.6 Å². The maximum Gasteiger partial charge on any atom is 0.328 e. The first kappa shape index (κ1) is 19.1. The monoisotopic (exact) mass is 393 g/mol. The second-order valence-electron chi connectivity index (χ2n) is 7.21. The van der Waals surface area contributed by atoms with Crippen LogP contribution in [0.5, 0.6) is 0 Å². The number of rotatable bonds is 5. The van der Waals surface area contributed by atoms with Gasteiger partial charge in [-0.3, -0.25) is 19.7 Å². The topological polar surface area (TPSA) is 89.3 Å². The molecule has 0 saturated carbocycles. The van der Waals surface area contributed by atoms with Gasteiger partial charge in [0.05, 0.1) is 5.69 Å². The number of carboxylic acid groups (broad SMARTS) is 1. The number of aromatic nitrogens is 1. The zero-order valence-electron chi connectivity index (χ0n) is 16.0. The molecule has 1 atom stereocenters. The lowest BCUT2D eigenvalue weighted by molar-refractivity contribution is -0.138. The second-order valence-corrected chi connectivity index (χ2v) is 7.21. The van der Waals surface area contributed by atoms with Crippen LogP contribution in [0.4, 0.5) is 5.69 Å². The van der Waals surface area contributed by atoms with Crippen LogP contribution in [0.25, 0.3) is 0 Å². The van der Waals surface area contributed by atoms with Crippen LogP contribution in [-0.4, -0.2) is 69.7 Å². The molecule has 8 nitrogen and oxygen atoms in total. The second kappa shape index (κ2) is 8.40. The molecule has 1 aromatic carbocycles. The van der Waals surface area contributed by atoms with Gasteiger partial charge in [-0.25, -0.2) is 4.79 Å². The molecule has 1 unspecified atom stereocenters. The molecule has 1 fully saturated rings. The zero-order valence-corrected chi connectivity index (χ0v) is 16.0. The van der Waals surface area contributed by atoms with Gasteiger partial charge in [0.25, 0.3) is 5.91 Å². The van der Waals surface area contributed by atoms with E-state index in [9.17, 15) is 14.7 Å². The third-order valence-corrected chi connectivity index (χ3v) is 5.28. The van der Waals surface area contributed by atoms with Gasteiger partial charge in [0, 0.05) is 51.5 Å². The molecule has 0 bridgehead atoms. The third kappa shape index (κ3) is 4.27. The Morgan fingerprint density at radius 2 is 1.69 bits per heavy atom. The number of hydrogen-bond acceptors (Lipinski definition) is 6. The number of carbonyl (C=O) groups is 2. The van der Waals surface area contributed by atoms with E-state index >= 15 is 0 Å². The number of para-hydroxylation sites is 1. The lowest BCUT2D eigenvalue weighted by Crippen LogP contribution is -2.50. The molecule has 150 valence electrons. The number of anilines is 1. The maximum atomic E-state index is 13.0. The van der Waals surface area contributed by atoms with Gasteiger partial charge in [-0.2, -0.15) is 5.10 Å². The van der Waals surface area contributed by atoms with Crippen LogP contribution in [-0.2, 0) is 16.1 Å². The Balaban J connectivity index is 1.40. The summed E-state index contributed by atoms with van der Waals surface area (Å²) in [6.07, 6.45) is 3.68. The van der Waals surface area contributed by atoms with Crippen LogP contribution in [0.2, 0.25) is 0 Å². The van der Waals surface area contributed by atoms with Crippen molar-refractivity contribution in [2.75, 3.05) is 31.2 Å². The maximum absolute atomic E-state index is 13.0. The number of pyridine rings is 1. The van der Waals surface area contributed by atoms with E-state index in [1.807, 2.05) is 30.3 Å². The van der Waals surface area contributed by atoms with Crippen LogP contribution in [0, 0.1) is 0 Å². The van der Waals surface area contributed by atoms with Crippen molar-refractivity contribution in [3.8, 4) is 0 Å². The van der Waals surface area contributed by atoms with E-state index in [4.69, 9.17) is 0 Å². The minimum atomic E-state index is -0.984. The van der Waals surface area contributed by atoms with Crippen molar-refractivity contribution in [3.05, 3.63) is 60.4 Å². The predicted molar refractivity (Wildman–Crippen MR) is 108 cm³/mol. The number of hydrogen-bond donors (Lipinski definition) is 1. The van der Waals surface area contributed by atoms with Crippen LogP contribution in [0.15, 0.2) is 60.0 Å². The highest BCUT2D eigenvalue weighted by Gasteiger charge is 2.38. The molecule has 3 heterocycles. The summed E-state index contributed by atoms with van der Waals surface area (Å²) < 4.78 is 0. The van der Waals surface area contributed by atoms with Crippen molar-refractivity contribution in [3.63, 3.8) is 0 Å². The summed E-state index contributed by atoms with van der Waals surface area (Å²) in [5.74, 6) is -1.15. The number of amides is 1. The van der Waals surface area contributed by atoms with E-state index in [0.29, 0.717) is 24.5 Å². The summed E-state index contributed by atoms with van der Waals surface area (Å²) in [5, 5.41) is 15.4. The summed E-state index contributed by atoms with van der Waals surface area (Å²) in [7, 11) is 0. The molecule has 1 N–H and O–H groups in total. The smallest absolute Gasteiger partial charge is 0.328 e. The normalized spacial score (nSPS) is 19.9. The Bertz CT molecular complexity index is 895. The Kier molecular flexibility index (Phi) is 5.53. The first-order valence-electron chi connectivity index (χ1n) is 9.67. The minimum absolute atomic E-state index is 0.111. The highest BCUT2D eigenvalue weighted by atomic mass is 16.4. The molecule has 0 radical (unpaired) electrons. The number of benzene rings is 1. The van der Waals surface area contributed by atoms with Gasteiger partial charge in [0.15, 0.2) is 6.04 Å². The number of carbonyl (C=O) groups excluding carboxylic acids is 1. The molecule has 2 aliphatic heterocycles. The highest BCUT2D eigenvalue weighted by Crippen LogP contribution is 2.25. The molecular formula is C21H23N5O3. The summed E-state index contributed by atoms with van der Waals surface area (Å²) >= 11 is 0. The molecule has 29 heavy (non-hydrogen) atoms. The van der Waals surface area contributed by atoms with Crippen molar-refractivity contribution < 1.29 is 14.7 Å². The third-order valence-electron chi connectivity index (χ3n) is 5.28. The molecule has 4 rings (SSSR count). The number of carboxylic acids is 1. The van der Waals surface area contributed by atoms with Crippen molar-refractivity contribution in [2.45, 2.75) is 19.0 Å². The van der Waals surface area contributed by atoms with Crippen molar-refractivity contribution >= 4 is 23.3 Å². The van der Waals surface area contributed by atoms with Crippen molar-refractivity contribution in [1.82, 2.24) is 14.8 Å². The van der Waals surface area contributed by atoms with Gasteiger partial charge in [0.1, 0.15) is 5.71 Å². The van der Waals surface area contributed by atoms with E-state index in [2.05, 4.69) is 15.0 Å². The highest BCUT2D eigenvalue weighted by molar-refractivity contribution is 6.40. The molecule has 8 heteroatoms. The largest absolute Gasteiger partial charge is 0.480 e. The number of nitrogens with zero attached hydrogens (tertiary/aromatic N) is 5. The van der Waals surface area contributed by atoms with Crippen LogP contribution in [0.1, 0.15) is 12.0 Å². The molecule has 0 aliphatic carbocycles.